The molecule has 2 aromatic rings. The fraction of sp³-hybridized carbons (Fsp3) is 0.448. The second kappa shape index (κ2) is 16.7. The van der Waals surface area contributed by atoms with Crippen molar-refractivity contribution < 1.29 is 34.1 Å². The molecule has 0 saturated carbocycles. The average molecular weight is 585 g/mol. The van der Waals surface area contributed by atoms with Crippen molar-refractivity contribution in [2.24, 2.45) is 27.8 Å². The summed E-state index contributed by atoms with van der Waals surface area (Å²) in [5.41, 5.74) is 7.49. The first-order valence-corrected chi connectivity index (χ1v) is 13.6. The molecule has 2 aromatic carbocycles. The van der Waals surface area contributed by atoms with Gasteiger partial charge < -0.3 is 36.6 Å². The van der Waals surface area contributed by atoms with E-state index in [1.165, 1.54) is 0 Å². The maximum Gasteiger partial charge on any atom is 0.407 e. The van der Waals surface area contributed by atoms with Crippen LogP contribution in [0.1, 0.15) is 46.5 Å². The first-order valence-electron chi connectivity index (χ1n) is 13.6. The molecule has 2 rings (SSSR count). The molecular formula is C29H40N6O7. The number of carbonyl (C=O) groups is 4. The monoisotopic (exact) mass is 584 g/mol. The molecule has 0 aliphatic heterocycles. The summed E-state index contributed by atoms with van der Waals surface area (Å²) >= 11 is 0. The van der Waals surface area contributed by atoms with Crippen molar-refractivity contribution >= 4 is 46.7 Å². The van der Waals surface area contributed by atoms with Gasteiger partial charge in [-0.05, 0) is 88.6 Å². The SMILES string of the molecule is CC(C)(C)OC(=O)NC[C@@H](C[C@H](CCCC(=O)Nc1ccc(/N=N/c2ccc(NCCN)cc2)cc1)C(=O)O)C(=O)O. The highest BCUT2D eigenvalue weighted by molar-refractivity contribution is 5.90. The van der Waals surface area contributed by atoms with Crippen LogP contribution in [0.3, 0.4) is 0 Å². The molecular weight excluding hydrogens is 544 g/mol. The number of nitrogens with two attached hydrogens (primary N) is 1. The number of ether oxygens (including phenoxy) is 1. The summed E-state index contributed by atoms with van der Waals surface area (Å²) in [6.45, 7) is 5.95. The van der Waals surface area contributed by atoms with E-state index in [0.717, 1.165) is 5.69 Å². The maximum absolute atomic E-state index is 12.4. The summed E-state index contributed by atoms with van der Waals surface area (Å²) in [5.74, 6) is -4.82. The molecule has 0 heterocycles. The molecule has 0 fully saturated rings. The number of nitrogens with zero attached hydrogens (tertiary/aromatic N) is 2. The lowest BCUT2D eigenvalue weighted by atomic mass is 9.90. The van der Waals surface area contributed by atoms with Crippen LogP contribution in [0.25, 0.3) is 0 Å². The van der Waals surface area contributed by atoms with Gasteiger partial charge in [-0.25, -0.2) is 4.79 Å². The van der Waals surface area contributed by atoms with Crippen molar-refractivity contribution in [1.82, 2.24) is 5.32 Å². The molecule has 13 nitrogen and oxygen atoms in total. The summed E-state index contributed by atoms with van der Waals surface area (Å²) in [6.07, 6.45) is -0.595. The van der Waals surface area contributed by atoms with Gasteiger partial charge in [-0.15, -0.1) is 0 Å². The van der Waals surface area contributed by atoms with Gasteiger partial charge in [-0.3, -0.25) is 14.4 Å². The van der Waals surface area contributed by atoms with Gasteiger partial charge >= 0.3 is 18.0 Å². The summed E-state index contributed by atoms with van der Waals surface area (Å²) in [5, 5.41) is 35.8. The first-order chi connectivity index (χ1) is 19.9. The molecule has 42 heavy (non-hydrogen) atoms. The van der Waals surface area contributed by atoms with Crippen LogP contribution in [0, 0.1) is 11.8 Å². The molecule has 0 saturated heterocycles. The van der Waals surface area contributed by atoms with E-state index in [0.29, 0.717) is 30.2 Å². The quantitative estimate of drug-likeness (QED) is 0.148. The number of benzene rings is 2. The summed E-state index contributed by atoms with van der Waals surface area (Å²) in [7, 11) is 0. The van der Waals surface area contributed by atoms with Crippen LogP contribution in [-0.4, -0.2) is 59.4 Å². The second-order valence-electron chi connectivity index (χ2n) is 10.6. The third kappa shape index (κ3) is 13.2. The van der Waals surface area contributed by atoms with E-state index in [4.69, 9.17) is 10.5 Å². The molecule has 0 aromatic heterocycles. The van der Waals surface area contributed by atoms with Crippen LogP contribution in [0.15, 0.2) is 58.8 Å². The molecule has 0 spiro atoms. The molecule has 2 amide bonds. The molecule has 0 aliphatic carbocycles. The number of hydrogen-bond donors (Lipinski definition) is 6. The highest BCUT2D eigenvalue weighted by Gasteiger charge is 2.28. The average Bonchev–Trinajstić information content (AvgIpc) is 2.92. The molecule has 0 unspecified atom stereocenters. The number of amides is 2. The van der Waals surface area contributed by atoms with Crippen molar-refractivity contribution in [1.29, 1.82) is 0 Å². The van der Waals surface area contributed by atoms with E-state index >= 15 is 0 Å². The Morgan fingerprint density at radius 3 is 1.93 bits per heavy atom. The standard InChI is InChI=1S/C29H40N6O7/c1-29(2,3)42-28(41)32-18-20(27(39)40)17-19(26(37)38)5-4-6-25(36)33-22-9-13-24(14-10-22)35-34-23-11-7-21(8-12-23)31-16-15-30/h7-14,19-20,31H,4-6,15-18,30H2,1-3H3,(H,32,41)(H,33,36)(H,37,38)(H,39,40)/b35-34+/t19-,20+/m0/s1. The second-order valence-corrected chi connectivity index (χ2v) is 10.6. The Balaban J connectivity index is 1.81. The van der Waals surface area contributed by atoms with Gasteiger partial charge in [0, 0.05) is 37.4 Å². The Labute approximate surface area is 244 Å². The maximum atomic E-state index is 12.4. The largest absolute Gasteiger partial charge is 0.481 e. The number of alkyl carbamates (subject to hydrolysis) is 1. The van der Waals surface area contributed by atoms with Crippen molar-refractivity contribution in [3.63, 3.8) is 0 Å². The number of carboxylic acids is 2. The Hall–Kier alpha value is -4.52. The molecule has 7 N–H and O–H groups in total. The van der Waals surface area contributed by atoms with E-state index in [9.17, 15) is 29.4 Å². The molecule has 0 bridgehead atoms. The predicted octanol–water partition coefficient (Wildman–Crippen LogP) is 4.90. The van der Waals surface area contributed by atoms with Crippen molar-refractivity contribution in [3.05, 3.63) is 48.5 Å². The minimum Gasteiger partial charge on any atom is -0.481 e. The van der Waals surface area contributed by atoms with Crippen molar-refractivity contribution in [3.8, 4) is 0 Å². The minimum absolute atomic E-state index is 0.0509. The van der Waals surface area contributed by atoms with E-state index in [1.54, 1.807) is 45.0 Å². The van der Waals surface area contributed by atoms with Gasteiger partial charge in [0.05, 0.1) is 23.2 Å². The summed E-state index contributed by atoms with van der Waals surface area (Å²) in [4.78, 5) is 47.7. The third-order valence-electron chi connectivity index (χ3n) is 5.89. The van der Waals surface area contributed by atoms with Crippen LogP contribution in [-0.2, 0) is 19.1 Å². The number of azo groups is 1. The van der Waals surface area contributed by atoms with Crippen LogP contribution in [0.2, 0.25) is 0 Å². The van der Waals surface area contributed by atoms with Crippen LogP contribution >= 0.6 is 0 Å². The Bertz CT molecular complexity index is 1210. The van der Waals surface area contributed by atoms with E-state index in [2.05, 4.69) is 26.2 Å². The molecule has 0 aliphatic rings. The fourth-order valence-electron chi connectivity index (χ4n) is 3.80. The number of carbonyl (C=O) groups excluding carboxylic acids is 2. The van der Waals surface area contributed by atoms with Gasteiger partial charge in [0.1, 0.15) is 5.60 Å². The number of rotatable bonds is 16. The molecule has 2 atom stereocenters. The lowest BCUT2D eigenvalue weighted by molar-refractivity contribution is -0.146. The first kappa shape index (κ1) is 33.7. The number of nitrogens with one attached hydrogen (secondary N) is 3. The topological polar surface area (TPSA) is 205 Å². The fourth-order valence-corrected chi connectivity index (χ4v) is 3.80. The Kier molecular flexibility index (Phi) is 13.4. The highest BCUT2D eigenvalue weighted by Crippen LogP contribution is 2.23. The predicted molar refractivity (Wildman–Crippen MR) is 158 cm³/mol. The molecule has 228 valence electrons. The lowest BCUT2D eigenvalue weighted by Crippen LogP contribution is -2.38. The van der Waals surface area contributed by atoms with Gasteiger partial charge in [-0.2, -0.15) is 10.2 Å². The van der Waals surface area contributed by atoms with Gasteiger partial charge in [0.25, 0.3) is 0 Å². The van der Waals surface area contributed by atoms with Gasteiger partial charge in [0.2, 0.25) is 5.91 Å². The number of carboxylic acid groups (broad SMARTS) is 2. The lowest BCUT2D eigenvalue weighted by Gasteiger charge is -2.22. The zero-order valence-corrected chi connectivity index (χ0v) is 24.1. The third-order valence-corrected chi connectivity index (χ3v) is 5.89. The van der Waals surface area contributed by atoms with Crippen LogP contribution < -0.4 is 21.7 Å². The smallest absolute Gasteiger partial charge is 0.407 e. The van der Waals surface area contributed by atoms with Crippen LogP contribution in [0.4, 0.5) is 27.5 Å². The van der Waals surface area contributed by atoms with Gasteiger partial charge in [0.15, 0.2) is 0 Å². The van der Waals surface area contributed by atoms with Gasteiger partial charge in [-0.1, -0.05) is 0 Å². The summed E-state index contributed by atoms with van der Waals surface area (Å²) < 4.78 is 5.09. The normalized spacial score (nSPS) is 12.8. The molecule has 0 radical (unpaired) electrons. The Morgan fingerprint density at radius 2 is 1.43 bits per heavy atom. The van der Waals surface area contributed by atoms with E-state index in [1.807, 2.05) is 24.3 Å². The number of aliphatic carboxylic acids is 2. The number of anilines is 2. The van der Waals surface area contributed by atoms with E-state index in [-0.39, 0.29) is 38.1 Å². The molecule has 13 heteroatoms. The van der Waals surface area contributed by atoms with Crippen molar-refractivity contribution in [2.75, 3.05) is 30.3 Å². The minimum atomic E-state index is -1.23. The van der Waals surface area contributed by atoms with E-state index < -0.39 is 35.5 Å². The highest BCUT2D eigenvalue weighted by atomic mass is 16.6. The van der Waals surface area contributed by atoms with Crippen molar-refractivity contribution in [2.45, 2.75) is 52.1 Å². The number of hydrogen-bond acceptors (Lipinski definition) is 9. The zero-order valence-electron chi connectivity index (χ0n) is 24.1. The zero-order chi connectivity index (χ0) is 31.1. The van der Waals surface area contributed by atoms with Crippen LogP contribution in [0.5, 0.6) is 0 Å². The summed E-state index contributed by atoms with van der Waals surface area (Å²) in [6, 6.07) is 14.2. The Morgan fingerprint density at radius 1 is 0.881 bits per heavy atom.